The first-order valence-corrected chi connectivity index (χ1v) is 7.47. The van der Waals surface area contributed by atoms with E-state index < -0.39 is 12.7 Å². The van der Waals surface area contributed by atoms with Crippen molar-refractivity contribution in [3.05, 3.63) is 0 Å². The lowest BCUT2D eigenvalue weighted by Gasteiger charge is -2.41. The van der Waals surface area contributed by atoms with E-state index in [4.69, 9.17) is 9.84 Å². The normalized spacial score (nSPS) is 24.0. The van der Waals surface area contributed by atoms with Crippen molar-refractivity contribution >= 4 is 0 Å². The molecule has 1 aliphatic heterocycles. The van der Waals surface area contributed by atoms with Crippen molar-refractivity contribution < 1.29 is 23.0 Å². The highest BCUT2D eigenvalue weighted by molar-refractivity contribution is 4.88. The molecular weight excluding hydrogens is 285 g/mol. The summed E-state index contributed by atoms with van der Waals surface area (Å²) < 4.78 is 43.5. The van der Waals surface area contributed by atoms with Crippen molar-refractivity contribution in [3.8, 4) is 0 Å². The topological polar surface area (TPSA) is 44.7 Å². The molecule has 0 aromatic rings. The molecule has 0 radical (unpaired) electrons. The quantitative estimate of drug-likeness (QED) is 0.715. The first-order chi connectivity index (χ1) is 9.76. The summed E-state index contributed by atoms with van der Waals surface area (Å²) in [5.41, 5.74) is -0.317. The fourth-order valence-corrected chi connectivity index (χ4v) is 2.73. The number of hydrogen-bond donors (Lipinski definition) is 2. The molecule has 1 saturated heterocycles. The zero-order valence-electron chi connectivity index (χ0n) is 12.9. The zero-order valence-corrected chi connectivity index (χ0v) is 12.9. The van der Waals surface area contributed by atoms with Crippen LogP contribution >= 0.6 is 0 Å². The number of rotatable bonds is 8. The monoisotopic (exact) mass is 312 g/mol. The Morgan fingerprint density at radius 2 is 2.10 bits per heavy atom. The molecule has 0 aliphatic carbocycles. The van der Waals surface area contributed by atoms with Gasteiger partial charge < -0.3 is 15.2 Å². The maximum absolute atomic E-state index is 12.7. The molecule has 1 atom stereocenters. The van der Waals surface area contributed by atoms with Crippen molar-refractivity contribution in [2.45, 2.75) is 38.9 Å². The van der Waals surface area contributed by atoms with Gasteiger partial charge in [0, 0.05) is 37.7 Å². The Morgan fingerprint density at radius 1 is 1.38 bits per heavy atom. The molecule has 0 aromatic heterocycles. The van der Waals surface area contributed by atoms with E-state index in [-0.39, 0.29) is 31.2 Å². The molecule has 0 bridgehead atoms. The Labute approximate surface area is 124 Å². The lowest BCUT2D eigenvalue weighted by atomic mass is 9.81. The average Bonchev–Trinajstić information content (AvgIpc) is 2.36. The Balaban J connectivity index is 2.71. The van der Waals surface area contributed by atoms with Crippen molar-refractivity contribution in [1.29, 1.82) is 0 Å². The molecule has 7 heteroatoms. The third-order valence-corrected chi connectivity index (χ3v) is 3.67. The number of hydrogen-bond acceptors (Lipinski definition) is 4. The summed E-state index contributed by atoms with van der Waals surface area (Å²) in [6.45, 7) is 4.84. The van der Waals surface area contributed by atoms with Crippen molar-refractivity contribution in [3.63, 3.8) is 0 Å². The third-order valence-electron chi connectivity index (χ3n) is 3.67. The van der Waals surface area contributed by atoms with Crippen LogP contribution in [0.4, 0.5) is 13.2 Å². The number of nitrogens with zero attached hydrogens (tertiary/aromatic N) is 1. The van der Waals surface area contributed by atoms with Gasteiger partial charge in [-0.1, -0.05) is 13.8 Å². The van der Waals surface area contributed by atoms with Gasteiger partial charge in [0.05, 0.1) is 19.8 Å². The average molecular weight is 312 g/mol. The van der Waals surface area contributed by atoms with Crippen LogP contribution < -0.4 is 5.32 Å². The van der Waals surface area contributed by atoms with E-state index in [9.17, 15) is 13.2 Å². The highest BCUT2D eigenvalue weighted by atomic mass is 19.4. The van der Waals surface area contributed by atoms with Gasteiger partial charge in [0.25, 0.3) is 0 Å². The summed E-state index contributed by atoms with van der Waals surface area (Å²) in [6.07, 6.45) is -2.55. The SMILES string of the molecule is CC(C)NCC1(CN(CCO)CC(F)(F)F)CCCOC1. The van der Waals surface area contributed by atoms with Gasteiger partial charge in [-0.25, -0.2) is 0 Å². The second kappa shape index (κ2) is 8.31. The first-order valence-electron chi connectivity index (χ1n) is 7.47. The summed E-state index contributed by atoms with van der Waals surface area (Å²) in [7, 11) is 0. The minimum Gasteiger partial charge on any atom is -0.395 e. The van der Waals surface area contributed by atoms with E-state index in [2.05, 4.69) is 5.32 Å². The molecule has 0 aromatic carbocycles. The van der Waals surface area contributed by atoms with Gasteiger partial charge in [-0.3, -0.25) is 4.90 Å². The third kappa shape index (κ3) is 7.44. The molecule has 0 saturated carbocycles. The molecule has 0 spiro atoms. The van der Waals surface area contributed by atoms with Crippen LogP contribution in [0, 0.1) is 5.41 Å². The highest BCUT2D eigenvalue weighted by Gasteiger charge is 2.38. The fraction of sp³-hybridized carbons (Fsp3) is 1.00. The van der Waals surface area contributed by atoms with Crippen LogP contribution in [-0.2, 0) is 4.74 Å². The van der Waals surface area contributed by atoms with E-state index in [1.807, 2.05) is 13.8 Å². The maximum atomic E-state index is 12.7. The van der Waals surface area contributed by atoms with Crippen LogP contribution in [-0.4, -0.2) is 68.2 Å². The van der Waals surface area contributed by atoms with Gasteiger partial charge in [-0.05, 0) is 12.8 Å². The molecule has 21 heavy (non-hydrogen) atoms. The number of halogens is 3. The second-order valence-electron chi connectivity index (χ2n) is 6.24. The van der Waals surface area contributed by atoms with Crippen LogP contribution in [0.3, 0.4) is 0 Å². The lowest BCUT2D eigenvalue weighted by Crippen LogP contribution is -2.52. The molecule has 1 aliphatic rings. The van der Waals surface area contributed by atoms with Gasteiger partial charge in [0.15, 0.2) is 0 Å². The molecular formula is C14H27F3N2O2. The second-order valence-corrected chi connectivity index (χ2v) is 6.24. The van der Waals surface area contributed by atoms with Crippen LogP contribution in [0.1, 0.15) is 26.7 Å². The number of alkyl halides is 3. The van der Waals surface area contributed by atoms with Crippen LogP contribution in [0.5, 0.6) is 0 Å². The Hall–Kier alpha value is -0.370. The maximum Gasteiger partial charge on any atom is 0.401 e. The summed E-state index contributed by atoms with van der Waals surface area (Å²) in [5.74, 6) is 0. The molecule has 1 fully saturated rings. The van der Waals surface area contributed by atoms with E-state index in [0.717, 1.165) is 12.8 Å². The molecule has 4 nitrogen and oxygen atoms in total. The standard InChI is InChI=1S/C14H27F3N2O2/c1-12(2)18-8-13(4-3-7-21-11-13)9-19(5-6-20)10-14(15,16)17/h12,18,20H,3-11H2,1-2H3. The molecule has 1 rings (SSSR count). The Bertz CT molecular complexity index is 292. The predicted molar refractivity (Wildman–Crippen MR) is 75.2 cm³/mol. The summed E-state index contributed by atoms with van der Waals surface area (Å²) in [5, 5.41) is 12.3. The number of aliphatic hydroxyl groups is 1. The Morgan fingerprint density at radius 3 is 2.57 bits per heavy atom. The van der Waals surface area contributed by atoms with Crippen LogP contribution in [0.2, 0.25) is 0 Å². The van der Waals surface area contributed by atoms with Gasteiger partial charge in [0.1, 0.15) is 0 Å². The molecule has 126 valence electrons. The van der Waals surface area contributed by atoms with E-state index in [1.165, 1.54) is 4.90 Å². The first kappa shape index (κ1) is 18.7. The van der Waals surface area contributed by atoms with Gasteiger partial charge in [0.2, 0.25) is 0 Å². The number of aliphatic hydroxyl groups excluding tert-OH is 1. The van der Waals surface area contributed by atoms with Crippen LogP contribution in [0.25, 0.3) is 0 Å². The predicted octanol–water partition coefficient (Wildman–Crippen LogP) is 1.64. The van der Waals surface area contributed by atoms with Gasteiger partial charge >= 0.3 is 6.18 Å². The van der Waals surface area contributed by atoms with E-state index >= 15 is 0 Å². The smallest absolute Gasteiger partial charge is 0.395 e. The van der Waals surface area contributed by atoms with Crippen molar-refractivity contribution in [2.75, 3.05) is 46.0 Å². The summed E-state index contributed by atoms with van der Waals surface area (Å²) >= 11 is 0. The minimum absolute atomic E-state index is 0.0307. The van der Waals surface area contributed by atoms with Crippen LogP contribution in [0.15, 0.2) is 0 Å². The Kier molecular flexibility index (Phi) is 7.39. The zero-order chi connectivity index (χ0) is 15.9. The van der Waals surface area contributed by atoms with Crippen molar-refractivity contribution in [1.82, 2.24) is 10.2 Å². The molecule has 2 N–H and O–H groups in total. The molecule has 1 heterocycles. The summed E-state index contributed by atoms with van der Waals surface area (Å²) in [4.78, 5) is 1.29. The largest absolute Gasteiger partial charge is 0.401 e. The molecule has 1 unspecified atom stereocenters. The van der Waals surface area contributed by atoms with Crippen molar-refractivity contribution in [2.24, 2.45) is 5.41 Å². The number of nitrogens with one attached hydrogen (secondary N) is 1. The lowest BCUT2D eigenvalue weighted by molar-refractivity contribution is -0.153. The van der Waals surface area contributed by atoms with E-state index in [1.54, 1.807) is 0 Å². The fourth-order valence-electron chi connectivity index (χ4n) is 2.73. The van der Waals surface area contributed by atoms with E-state index in [0.29, 0.717) is 19.8 Å². The highest BCUT2D eigenvalue weighted by Crippen LogP contribution is 2.30. The number of ether oxygens (including phenoxy) is 1. The van der Waals surface area contributed by atoms with Gasteiger partial charge in [-0.15, -0.1) is 0 Å². The molecule has 0 amide bonds. The summed E-state index contributed by atoms with van der Waals surface area (Å²) in [6, 6.07) is 0.276. The minimum atomic E-state index is -4.25. The van der Waals surface area contributed by atoms with Gasteiger partial charge in [-0.2, -0.15) is 13.2 Å².